The van der Waals surface area contributed by atoms with Crippen molar-refractivity contribution in [2.75, 3.05) is 37.7 Å². The van der Waals surface area contributed by atoms with Crippen LogP contribution in [0, 0.1) is 5.92 Å². The minimum Gasteiger partial charge on any atom is -0.493 e. The monoisotopic (exact) mass is 403 g/mol. The molecule has 3 amide bonds. The van der Waals surface area contributed by atoms with Crippen LogP contribution in [0.3, 0.4) is 0 Å². The van der Waals surface area contributed by atoms with E-state index in [9.17, 15) is 14.4 Å². The van der Waals surface area contributed by atoms with Crippen molar-refractivity contribution in [1.29, 1.82) is 0 Å². The number of nitrogens with one attached hydrogen (secondary N) is 1. The maximum absolute atomic E-state index is 12.2. The van der Waals surface area contributed by atoms with Crippen LogP contribution >= 0.6 is 0 Å². The molecule has 1 aromatic carbocycles. The van der Waals surface area contributed by atoms with E-state index in [1.807, 2.05) is 45.0 Å². The number of benzene rings is 1. The van der Waals surface area contributed by atoms with Gasteiger partial charge in [0.1, 0.15) is 11.4 Å². The Labute approximate surface area is 171 Å². The maximum Gasteiger partial charge on any atom is 0.410 e. The molecule has 158 valence electrons. The van der Waals surface area contributed by atoms with Crippen LogP contribution in [0.5, 0.6) is 5.75 Å². The van der Waals surface area contributed by atoms with Gasteiger partial charge in [-0.15, -0.1) is 0 Å². The molecule has 0 aromatic heterocycles. The zero-order valence-electron chi connectivity index (χ0n) is 17.3. The van der Waals surface area contributed by atoms with Gasteiger partial charge in [-0.25, -0.2) is 4.79 Å². The molecule has 1 unspecified atom stereocenters. The van der Waals surface area contributed by atoms with Crippen molar-refractivity contribution >= 4 is 23.6 Å². The van der Waals surface area contributed by atoms with Gasteiger partial charge in [0, 0.05) is 38.3 Å². The summed E-state index contributed by atoms with van der Waals surface area (Å²) in [5, 5.41) is 2.34. The number of amides is 3. The normalized spacial score (nSPS) is 20.3. The van der Waals surface area contributed by atoms with Crippen LogP contribution in [-0.2, 0) is 14.3 Å². The Bertz CT molecular complexity index is 749. The molecule has 8 nitrogen and oxygen atoms in total. The highest BCUT2D eigenvalue weighted by Gasteiger charge is 2.27. The molecule has 0 bridgehead atoms. The second-order valence-electron chi connectivity index (χ2n) is 8.41. The second kappa shape index (κ2) is 8.71. The lowest BCUT2D eigenvalue weighted by Gasteiger charge is -2.36. The van der Waals surface area contributed by atoms with Gasteiger partial charge in [0.25, 0.3) is 0 Å². The van der Waals surface area contributed by atoms with E-state index in [0.717, 1.165) is 18.8 Å². The van der Waals surface area contributed by atoms with E-state index < -0.39 is 5.60 Å². The Hall–Kier alpha value is -2.77. The number of hydrogen-bond acceptors (Lipinski definition) is 6. The van der Waals surface area contributed by atoms with E-state index in [1.165, 1.54) is 0 Å². The first-order chi connectivity index (χ1) is 13.7. The van der Waals surface area contributed by atoms with E-state index in [1.54, 1.807) is 4.90 Å². The molecule has 2 saturated heterocycles. The average molecular weight is 403 g/mol. The van der Waals surface area contributed by atoms with Gasteiger partial charge in [-0.3, -0.25) is 14.9 Å². The number of piperidine rings is 1. The van der Waals surface area contributed by atoms with Crippen LogP contribution in [0.1, 0.15) is 33.6 Å². The Morgan fingerprint density at radius 1 is 1.10 bits per heavy atom. The molecule has 1 N–H and O–H groups in total. The molecule has 2 fully saturated rings. The summed E-state index contributed by atoms with van der Waals surface area (Å²) in [6.07, 6.45) is 0.605. The SMILES string of the molecule is CC(C)(C)OC(=O)N1CCN(c2ccc(OCC3CCC(=O)NC3=O)cc2)CC1. The summed E-state index contributed by atoms with van der Waals surface area (Å²) < 4.78 is 11.2. The number of anilines is 1. The first-order valence-corrected chi connectivity index (χ1v) is 10.0. The predicted octanol–water partition coefficient (Wildman–Crippen LogP) is 2.18. The number of hydrogen-bond donors (Lipinski definition) is 1. The van der Waals surface area contributed by atoms with E-state index in [0.29, 0.717) is 31.7 Å². The zero-order chi connectivity index (χ0) is 21.0. The van der Waals surface area contributed by atoms with Crippen molar-refractivity contribution in [1.82, 2.24) is 10.2 Å². The first-order valence-electron chi connectivity index (χ1n) is 10.0. The average Bonchev–Trinajstić information content (AvgIpc) is 2.66. The largest absolute Gasteiger partial charge is 0.493 e. The number of nitrogens with zero attached hydrogens (tertiary/aromatic N) is 2. The molecule has 0 spiro atoms. The molecule has 1 aromatic rings. The van der Waals surface area contributed by atoms with Crippen LogP contribution in [0.15, 0.2) is 24.3 Å². The number of piperazine rings is 1. The van der Waals surface area contributed by atoms with Crippen molar-refractivity contribution in [2.24, 2.45) is 5.92 Å². The third-order valence-electron chi connectivity index (χ3n) is 4.94. The van der Waals surface area contributed by atoms with Crippen LogP contribution in [0.25, 0.3) is 0 Å². The van der Waals surface area contributed by atoms with Gasteiger partial charge in [0.05, 0.1) is 12.5 Å². The Balaban J connectivity index is 1.46. The lowest BCUT2D eigenvalue weighted by atomic mass is 9.99. The molecule has 0 aliphatic carbocycles. The molecular formula is C21H29N3O5. The van der Waals surface area contributed by atoms with Crippen molar-refractivity contribution in [3.05, 3.63) is 24.3 Å². The lowest BCUT2D eigenvalue weighted by Crippen LogP contribution is -2.50. The van der Waals surface area contributed by atoms with Crippen LogP contribution in [0.4, 0.5) is 10.5 Å². The summed E-state index contributed by atoms with van der Waals surface area (Å²) in [6.45, 7) is 8.55. The number of imide groups is 1. The molecule has 0 saturated carbocycles. The number of carbonyl (C=O) groups excluding carboxylic acids is 3. The minimum atomic E-state index is -0.488. The van der Waals surface area contributed by atoms with Gasteiger partial charge in [0.2, 0.25) is 11.8 Å². The summed E-state index contributed by atoms with van der Waals surface area (Å²) in [4.78, 5) is 39.1. The summed E-state index contributed by atoms with van der Waals surface area (Å²) in [5.74, 6) is -0.0951. The van der Waals surface area contributed by atoms with Gasteiger partial charge in [-0.1, -0.05) is 0 Å². The Kier molecular flexibility index (Phi) is 6.30. The summed E-state index contributed by atoms with van der Waals surface area (Å²) in [6, 6.07) is 7.70. The van der Waals surface area contributed by atoms with Gasteiger partial charge in [-0.2, -0.15) is 0 Å². The molecular weight excluding hydrogens is 374 g/mol. The predicted molar refractivity (Wildman–Crippen MR) is 108 cm³/mol. The van der Waals surface area contributed by atoms with E-state index in [2.05, 4.69) is 10.2 Å². The van der Waals surface area contributed by atoms with Crippen molar-refractivity contribution in [2.45, 2.75) is 39.2 Å². The fourth-order valence-electron chi connectivity index (χ4n) is 3.32. The number of rotatable bonds is 4. The van der Waals surface area contributed by atoms with Gasteiger partial charge < -0.3 is 19.3 Å². The topological polar surface area (TPSA) is 88.2 Å². The molecule has 2 aliphatic rings. The van der Waals surface area contributed by atoms with E-state index in [4.69, 9.17) is 9.47 Å². The van der Waals surface area contributed by atoms with Crippen LogP contribution < -0.4 is 15.0 Å². The Morgan fingerprint density at radius 3 is 2.34 bits per heavy atom. The minimum absolute atomic E-state index is 0.220. The summed E-state index contributed by atoms with van der Waals surface area (Å²) in [5.41, 5.74) is 0.569. The highest BCUT2D eigenvalue weighted by molar-refractivity contribution is 5.98. The van der Waals surface area contributed by atoms with E-state index in [-0.39, 0.29) is 30.4 Å². The third-order valence-corrected chi connectivity index (χ3v) is 4.94. The standard InChI is InChI=1S/C21H29N3O5/c1-21(2,3)29-20(27)24-12-10-23(11-13-24)16-5-7-17(8-6-16)28-14-15-4-9-18(25)22-19(15)26/h5-8,15H,4,9-14H2,1-3H3,(H,22,25,26). The van der Waals surface area contributed by atoms with Gasteiger partial charge in [0.15, 0.2) is 0 Å². The third kappa shape index (κ3) is 5.85. The van der Waals surface area contributed by atoms with Crippen molar-refractivity contribution in [3.63, 3.8) is 0 Å². The quantitative estimate of drug-likeness (QED) is 0.776. The molecule has 1 atom stereocenters. The number of ether oxygens (including phenoxy) is 2. The zero-order valence-corrected chi connectivity index (χ0v) is 17.3. The highest BCUT2D eigenvalue weighted by Crippen LogP contribution is 2.23. The first kappa shape index (κ1) is 21.0. The number of carbonyl (C=O) groups is 3. The molecule has 0 radical (unpaired) electrons. The van der Waals surface area contributed by atoms with Crippen LogP contribution in [-0.4, -0.2) is 61.2 Å². The summed E-state index contributed by atoms with van der Waals surface area (Å²) >= 11 is 0. The smallest absolute Gasteiger partial charge is 0.410 e. The van der Waals surface area contributed by atoms with Gasteiger partial charge >= 0.3 is 6.09 Å². The fraction of sp³-hybridized carbons (Fsp3) is 0.571. The van der Waals surface area contributed by atoms with Crippen molar-refractivity contribution < 1.29 is 23.9 Å². The molecule has 29 heavy (non-hydrogen) atoms. The second-order valence-corrected chi connectivity index (χ2v) is 8.41. The maximum atomic E-state index is 12.2. The van der Waals surface area contributed by atoms with E-state index >= 15 is 0 Å². The molecule has 2 aliphatic heterocycles. The molecule has 3 rings (SSSR count). The molecule has 8 heteroatoms. The van der Waals surface area contributed by atoms with Crippen molar-refractivity contribution in [3.8, 4) is 5.75 Å². The summed E-state index contributed by atoms with van der Waals surface area (Å²) in [7, 11) is 0. The molecule has 2 heterocycles. The lowest BCUT2D eigenvalue weighted by molar-refractivity contribution is -0.137. The fourth-order valence-corrected chi connectivity index (χ4v) is 3.32. The van der Waals surface area contributed by atoms with Crippen LogP contribution in [0.2, 0.25) is 0 Å². The highest BCUT2D eigenvalue weighted by atomic mass is 16.6. The Morgan fingerprint density at radius 2 is 1.76 bits per heavy atom. The van der Waals surface area contributed by atoms with Gasteiger partial charge in [-0.05, 0) is 51.5 Å².